The first-order chi connectivity index (χ1) is 7.24. The largest absolute Gasteiger partial charge is 0.247 e. The van der Waals surface area contributed by atoms with Crippen molar-refractivity contribution in [3.8, 4) is 0 Å². The van der Waals surface area contributed by atoms with Gasteiger partial charge in [-0.05, 0) is 38.3 Å². The number of pyridine rings is 1. The lowest BCUT2D eigenvalue weighted by molar-refractivity contribution is 0.584. The van der Waals surface area contributed by atoms with E-state index >= 15 is 0 Å². The molecule has 0 amide bonds. The first kappa shape index (κ1) is 11.1. The Morgan fingerprint density at radius 3 is 2.87 bits per heavy atom. The summed E-state index contributed by atoms with van der Waals surface area (Å²) in [6.45, 7) is 3.10. The molecule has 0 saturated carbocycles. The molecule has 0 atom stereocenters. The zero-order valence-corrected chi connectivity index (χ0v) is 11.5. The first-order valence-corrected chi connectivity index (χ1v) is 6.48. The van der Waals surface area contributed by atoms with Crippen molar-refractivity contribution in [1.82, 2.24) is 14.8 Å². The minimum atomic E-state index is 0.932. The molecule has 0 saturated heterocycles. The number of nitrogens with zero attached hydrogens (tertiary/aromatic N) is 3. The van der Waals surface area contributed by atoms with Crippen LogP contribution in [0.3, 0.4) is 0 Å². The molecule has 0 radical (unpaired) electrons. The van der Waals surface area contributed by atoms with E-state index in [9.17, 15) is 0 Å². The standard InChI is InChI=1S/C10H11Br2N3/c1-2-3-4-15-10-7(5-14-15)9(12)8(11)6-13-10/h5-6H,2-4H2,1H3. The second-order valence-electron chi connectivity index (χ2n) is 3.38. The summed E-state index contributed by atoms with van der Waals surface area (Å²) >= 11 is 6.95. The third-order valence-corrected chi connectivity index (χ3v) is 4.27. The van der Waals surface area contributed by atoms with Crippen LogP contribution in [0.1, 0.15) is 19.8 Å². The maximum atomic E-state index is 4.38. The smallest absolute Gasteiger partial charge is 0.158 e. The maximum Gasteiger partial charge on any atom is 0.158 e. The summed E-state index contributed by atoms with van der Waals surface area (Å²) in [5.41, 5.74) is 0.943. The van der Waals surface area contributed by atoms with Crippen LogP contribution in [0.4, 0.5) is 0 Å². The predicted molar refractivity (Wildman–Crippen MR) is 67.8 cm³/mol. The lowest BCUT2D eigenvalue weighted by atomic mass is 10.3. The van der Waals surface area contributed by atoms with E-state index in [2.05, 4.69) is 48.9 Å². The van der Waals surface area contributed by atoms with Crippen LogP contribution in [0.2, 0.25) is 0 Å². The van der Waals surface area contributed by atoms with Crippen molar-refractivity contribution in [1.29, 1.82) is 0 Å². The topological polar surface area (TPSA) is 30.7 Å². The zero-order chi connectivity index (χ0) is 10.8. The normalized spacial score (nSPS) is 11.1. The Hall–Kier alpha value is -0.420. The fraction of sp³-hybridized carbons (Fsp3) is 0.400. The van der Waals surface area contributed by atoms with Crippen molar-refractivity contribution < 1.29 is 0 Å². The Bertz CT molecular complexity index is 479. The van der Waals surface area contributed by atoms with E-state index in [1.165, 1.54) is 6.42 Å². The van der Waals surface area contributed by atoms with Crippen LogP contribution in [0.5, 0.6) is 0 Å². The van der Waals surface area contributed by atoms with Crippen molar-refractivity contribution in [2.45, 2.75) is 26.3 Å². The van der Waals surface area contributed by atoms with E-state index in [-0.39, 0.29) is 0 Å². The Kier molecular flexibility index (Phi) is 3.41. The third kappa shape index (κ3) is 2.08. The molecule has 0 bridgehead atoms. The summed E-state index contributed by atoms with van der Waals surface area (Å²) in [6, 6.07) is 0. The number of hydrogen-bond donors (Lipinski definition) is 0. The van der Waals surface area contributed by atoms with Crippen LogP contribution in [-0.4, -0.2) is 14.8 Å². The highest BCUT2D eigenvalue weighted by Crippen LogP contribution is 2.29. The first-order valence-electron chi connectivity index (χ1n) is 4.89. The van der Waals surface area contributed by atoms with Gasteiger partial charge in [-0.2, -0.15) is 5.10 Å². The van der Waals surface area contributed by atoms with Gasteiger partial charge in [-0.1, -0.05) is 13.3 Å². The van der Waals surface area contributed by atoms with E-state index in [0.29, 0.717) is 0 Å². The Morgan fingerprint density at radius 1 is 1.33 bits per heavy atom. The average molecular weight is 333 g/mol. The van der Waals surface area contributed by atoms with Crippen molar-refractivity contribution >= 4 is 42.9 Å². The maximum absolute atomic E-state index is 4.38. The van der Waals surface area contributed by atoms with Gasteiger partial charge >= 0.3 is 0 Å². The van der Waals surface area contributed by atoms with E-state index in [4.69, 9.17) is 0 Å². The Labute approximate surface area is 105 Å². The number of aryl methyl sites for hydroxylation is 1. The van der Waals surface area contributed by atoms with Crippen LogP contribution < -0.4 is 0 Å². The number of rotatable bonds is 3. The molecule has 2 aromatic rings. The van der Waals surface area contributed by atoms with Crippen LogP contribution in [-0.2, 0) is 6.54 Å². The molecule has 3 nitrogen and oxygen atoms in total. The molecular weight excluding hydrogens is 322 g/mol. The van der Waals surface area contributed by atoms with Gasteiger partial charge in [0, 0.05) is 17.2 Å². The van der Waals surface area contributed by atoms with Gasteiger partial charge in [-0.15, -0.1) is 0 Å². The second kappa shape index (κ2) is 4.61. The number of unbranched alkanes of at least 4 members (excludes halogenated alkanes) is 1. The summed E-state index contributed by atoms with van der Waals surface area (Å²) in [6.07, 6.45) is 5.95. The summed E-state index contributed by atoms with van der Waals surface area (Å²) in [5, 5.41) is 5.39. The van der Waals surface area contributed by atoms with Gasteiger partial charge < -0.3 is 0 Å². The predicted octanol–water partition coefficient (Wildman–Crippen LogP) is 3.76. The molecule has 0 fully saturated rings. The second-order valence-corrected chi connectivity index (χ2v) is 5.03. The minimum Gasteiger partial charge on any atom is -0.247 e. The molecule has 0 aliphatic carbocycles. The molecule has 0 spiro atoms. The van der Waals surface area contributed by atoms with Gasteiger partial charge in [0.1, 0.15) is 0 Å². The number of halogens is 2. The van der Waals surface area contributed by atoms with E-state index in [0.717, 1.165) is 32.9 Å². The van der Waals surface area contributed by atoms with Gasteiger partial charge in [0.05, 0.1) is 16.1 Å². The molecule has 0 aliphatic rings. The Morgan fingerprint density at radius 2 is 2.13 bits per heavy atom. The molecule has 0 N–H and O–H groups in total. The molecule has 2 heterocycles. The summed E-state index contributed by atoms with van der Waals surface area (Å²) < 4.78 is 3.94. The van der Waals surface area contributed by atoms with Gasteiger partial charge in [-0.25, -0.2) is 9.67 Å². The van der Waals surface area contributed by atoms with Crippen molar-refractivity contribution in [3.63, 3.8) is 0 Å². The quantitative estimate of drug-likeness (QED) is 0.856. The van der Waals surface area contributed by atoms with Crippen LogP contribution >= 0.6 is 31.9 Å². The number of fused-ring (bicyclic) bond motifs is 1. The summed E-state index contributed by atoms with van der Waals surface area (Å²) in [7, 11) is 0. The van der Waals surface area contributed by atoms with Crippen molar-refractivity contribution in [3.05, 3.63) is 21.3 Å². The number of hydrogen-bond acceptors (Lipinski definition) is 2. The molecule has 5 heteroatoms. The lowest BCUT2D eigenvalue weighted by Gasteiger charge is -2.02. The molecule has 0 aliphatic heterocycles. The molecular formula is C10H11Br2N3. The summed E-state index contributed by atoms with van der Waals surface area (Å²) in [4.78, 5) is 4.38. The van der Waals surface area contributed by atoms with E-state index < -0.39 is 0 Å². The molecule has 15 heavy (non-hydrogen) atoms. The highest BCUT2D eigenvalue weighted by Gasteiger charge is 2.09. The van der Waals surface area contributed by atoms with Gasteiger partial charge in [0.25, 0.3) is 0 Å². The molecule has 0 aromatic carbocycles. The van der Waals surface area contributed by atoms with E-state index in [1.807, 2.05) is 10.9 Å². The van der Waals surface area contributed by atoms with E-state index in [1.54, 1.807) is 6.20 Å². The molecule has 80 valence electrons. The van der Waals surface area contributed by atoms with Crippen molar-refractivity contribution in [2.75, 3.05) is 0 Å². The van der Waals surface area contributed by atoms with Crippen LogP contribution in [0.15, 0.2) is 21.3 Å². The van der Waals surface area contributed by atoms with Gasteiger partial charge in [-0.3, -0.25) is 0 Å². The average Bonchev–Trinajstić information content (AvgIpc) is 2.64. The molecule has 2 rings (SSSR count). The summed E-state index contributed by atoms with van der Waals surface area (Å²) in [5.74, 6) is 0. The third-order valence-electron chi connectivity index (χ3n) is 2.28. The van der Waals surface area contributed by atoms with Crippen LogP contribution in [0.25, 0.3) is 11.0 Å². The minimum absolute atomic E-state index is 0.932. The zero-order valence-electron chi connectivity index (χ0n) is 8.37. The fourth-order valence-electron chi connectivity index (χ4n) is 1.44. The van der Waals surface area contributed by atoms with Crippen LogP contribution in [0, 0.1) is 0 Å². The fourth-order valence-corrected chi connectivity index (χ4v) is 2.14. The molecule has 2 aromatic heterocycles. The van der Waals surface area contributed by atoms with Crippen molar-refractivity contribution in [2.24, 2.45) is 0 Å². The highest BCUT2D eigenvalue weighted by molar-refractivity contribution is 9.13. The molecule has 0 unspecified atom stereocenters. The van der Waals surface area contributed by atoms with Gasteiger partial charge in [0.15, 0.2) is 5.65 Å². The highest BCUT2D eigenvalue weighted by atomic mass is 79.9. The SMILES string of the molecule is CCCCn1ncc2c(Br)c(Br)cnc21. The lowest BCUT2D eigenvalue weighted by Crippen LogP contribution is -2.00. The van der Waals surface area contributed by atoms with Gasteiger partial charge in [0.2, 0.25) is 0 Å². The number of aromatic nitrogens is 3. The monoisotopic (exact) mass is 331 g/mol. The Balaban J connectivity index is 2.47.